The van der Waals surface area contributed by atoms with Gasteiger partial charge in [-0.1, -0.05) is 29.8 Å². The zero-order valence-electron chi connectivity index (χ0n) is 18.1. The summed E-state index contributed by atoms with van der Waals surface area (Å²) in [5.74, 6) is -0.138. The molecule has 1 aromatic heterocycles. The van der Waals surface area contributed by atoms with E-state index in [-0.39, 0.29) is 12.3 Å². The highest BCUT2D eigenvalue weighted by Crippen LogP contribution is 2.37. The Kier molecular flexibility index (Phi) is 5.22. The third-order valence-corrected chi connectivity index (χ3v) is 7.22. The molecule has 1 aliphatic rings. The van der Waals surface area contributed by atoms with Crippen LogP contribution in [0.25, 0.3) is 21.8 Å². The fourth-order valence-electron chi connectivity index (χ4n) is 4.37. The van der Waals surface area contributed by atoms with Crippen LogP contribution in [0.5, 0.6) is 5.75 Å². The normalized spacial score (nSPS) is 16.0. The molecule has 1 aliphatic heterocycles. The second kappa shape index (κ2) is 7.97. The van der Waals surface area contributed by atoms with E-state index in [1.165, 1.54) is 6.07 Å². The number of amides is 1. The summed E-state index contributed by atoms with van der Waals surface area (Å²) >= 11 is 6.04. The fraction of sp³-hybridized carbons (Fsp3) is 0.208. The molecule has 170 valence electrons. The lowest BCUT2D eigenvalue weighted by Crippen LogP contribution is -2.48. The van der Waals surface area contributed by atoms with Crippen LogP contribution in [0.1, 0.15) is 6.92 Å². The largest absolute Gasteiger partial charge is 0.476 e. The minimum atomic E-state index is -3.64. The van der Waals surface area contributed by atoms with Crippen LogP contribution in [-0.2, 0) is 21.4 Å². The number of ether oxygens (including phenoxy) is 1. The van der Waals surface area contributed by atoms with E-state index in [9.17, 15) is 13.2 Å². The molecule has 3 aromatic carbocycles. The summed E-state index contributed by atoms with van der Waals surface area (Å²) in [5, 5.41) is 5.41. The molecule has 0 saturated heterocycles. The Labute approximate surface area is 196 Å². The molecule has 0 saturated carbocycles. The maximum Gasteiger partial charge on any atom is 0.267 e. The van der Waals surface area contributed by atoms with Crippen LogP contribution in [0.3, 0.4) is 0 Å². The Morgan fingerprint density at radius 1 is 1.09 bits per heavy atom. The van der Waals surface area contributed by atoms with E-state index in [1.807, 2.05) is 30.3 Å². The van der Waals surface area contributed by atoms with Gasteiger partial charge in [-0.25, -0.2) is 8.42 Å². The van der Waals surface area contributed by atoms with Crippen LogP contribution in [0.4, 0.5) is 11.4 Å². The summed E-state index contributed by atoms with van der Waals surface area (Å²) in [6.07, 6.45) is 0.0798. The van der Waals surface area contributed by atoms with Gasteiger partial charge in [0.25, 0.3) is 5.91 Å². The molecule has 0 radical (unpaired) electrons. The van der Waals surface area contributed by atoms with E-state index in [0.717, 1.165) is 38.9 Å². The molecule has 1 amide bonds. The Morgan fingerprint density at radius 2 is 1.85 bits per heavy atom. The van der Waals surface area contributed by atoms with Crippen molar-refractivity contribution in [3.63, 3.8) is 0 Å². The van der Waals surface area contributed by atoms with Gasteiger partial charge in [-0.15, -0.1) is 0 Å². The number of anilines is 2. The standard InChI is InChI=1S/C24H22ClN3O4S/c1-3-27-19-7-5-4-6-17(19)18-13-16(9-10-20(18)27)26-24(29)23-14-28(33(2,30)31)21-12-15(25)8-11-22(21)32-23/h4-13,23H,3,14H2,1-2H3,(H,26,29)/t23-/m0/s1. The number of fused-ring (bicyclic) bond motifs is 4. The number of sulfonamides is 1. The number of rotatable bonds is 4. The summed E-state index contributed by atoms with van der Waals surface area (Å²) in [6.45, 7) is 2.78. The minimum absolute atomic E-state index is 0.143. The molecule has 7 nitrogen and oxygen atoms in total. The Bertz CT molecular complexity index is 1510. The van der Waals surface area contributed by atoms with Gasteiger partial charge in [-0.05, 0) is 49.4 Å². The van der Waals surface area contributed by atoms with Gasteiger partial charge < -0.3 is 14.6 Å². The van der Waals surface area contributed by atoms with E-state index >= 15 is 0 Å². The topological polar surface area (TPSA) is 80.6 Å². The molecule has 0 aliphatic carbocycles. The van der Waals surface area contributed by atoms with Crippen molar-refractivity contribution in [2.45, 2.75) is 19.6 Å². The first-order valence-electron chi connectivity index (χ1n) is 10.5. The van der Waals surface area contributed by atoms with Crippen LogP contribution in [0.15, 0.2) is 60.7 Å². The lowest BCUT2D eigenvalue weighted by atomic mass is 10.1. The van der Waals surface area contributed by atoms with Crippen molar-refractivity contribution >= 4 is 60.7 Å². The number of para-hydroxylation sites is 1. The van der Waals surface area contributed by atoms with Crippen molar-refractivity contribution in [1.29, 1.82) is 0 Å². The maximum atomic E-state index is 13.1. The summed E-state index contributed by atoms with van der Waals surface area (Å²) in [6, 6.07) is 18.6. The smallest absolute Gasteiger partial charge is 0.267 e. The number of carbonyl (C=O) groups is 1. The monoisotopic (exact) mass is 483 g/mol. The first kappa shape index (κ1) is 21.6. The quantitative estimate of drug-likeness (QED) is 0.458. The third kappa shape index (κ3) is 3.79. The zero-order valence-corrected chi connectivity index (χ0v) is 19.7. The SMILES string of the molecule is CCn1c2ccccc2c2cc(NC(=O)[C@@H]3CN(S(C)(=O)=O)c4cc(Cl)ccc4O3)ccc21. The number of nitrogens with zero attached hydrogens (tertiary/aromatic N) is 2. The number of hydrogen-bond donors (Lipinski definition) is 1. The molecular weight excluding hydrogens is 462 g/mol. The highest BCUT2D eigenvalue weighted by molar-refractivity contribution is 7.92. The van der Waals surface area contributed by atoms with Gasteiger partial charge in [0.1, 0.15) is 5.75 Å². The molecular formula is C24H22ClN3O4S. The average molecular weight is 484 g/mol. The van der Waals surface area contributed by atoms with Gasteiger partial charge in [0, 0.05) is 39.1 Å². The minimum Gasteiger partial charge on any atom is -0.476 e. The summed E-state index contributed by atoms with van der Waals surface area (Å²) in [7, 11) is -3.64. The predicted molar refractivity (Wildman–Crippen MR) is 132 cm³/mol. The number of aromatic nitrogens is 1. The highest BCUT2D eigenvalue weighted by atomic mass is 35.5. The van der Waals surface area contributed by atoms with Gasteiger partial charge in [-0.2, -0.15) is 0 Å². The number of aryl methyl sites for hydroxylation is 1. The predicted octanol–water partition coefficient (Wildman–Crippen LogP) is 4.63. The lowest BCUT2D eigenvalue weighted by Gasteiger charge is -2.34. The fourth-order valence-corrected chi connectivity index (χ4v) is 5.44. The first-order chi connectivity index (χ1) is 15.8. The zero-order chi connectivity index (χ0) is 23.3. The summed E-state index contributed by atoms with van der Waals surface area (Å²) < 4.78 is 34.0. The van der Waals surface area contributed by atoms with Crippen molar-refractivity contribution in [3.8, 4) is 5.75 Å². The highest BCUT2D eigenvalue weighted by Gasteiger charge is 2.35. The molecule has 33 heavy (non-hydrogen) atoms. The molecule has 0 spiro atoms. The maximum absolute atomic E-state index is 13.1. The van der Waals surface area contributed by atoms with E-state index in [2.05, 4.69) is 28.9 Å². The molecule has 0 bridgehead atoms. The van der Waals surface area contributed by atoms with Gasteiger partial charge in [-0.3, -0.25) is 9.10 Å². The molecule has 1 atom stereocenters. The Morgan fingerprint density at radius 3 is 2.61 bits per heavy atom. The summed E-state index contributed by atoms with van der Waals surface area (Å²) in [5.41, 5.74) is 3.15. The van der Waals surface area contributed by atoms with Crippen molar-refractivity contribution < 1.29 is 17.9 Å². The van der Waals surface area contributed by atoms with Gasteiger partial charge >= 0.3 is 0 Å². The summed E-state index contributed by atoms with van der Waals surface area (Å²) in [4.78, 5) is 13.1. The van der Waals surface area contributed by atoms with Gasteiger partial charge in [0.15, 0.2) is 6.10 Å². The van der Waals surface area contributed by atoms with Crippen LogP contribution in [0.2, 0.25) is 5.02 Å². The average Bonchev–Trinajstić information content (AvgIpc) is 3.10. The Balaban J connectivity index is 1.47. The van der Waals surface area contributed by atoms with E-state index < -0.39 is 22.0 Å². The molecule has 4 aromatic rings. The first-order valence-corrected chi connectivity index (χ1v) is 12.7. The van der Waals surface area contributed by atoms with Gasteiger partial charge in [0.05, 0.1) is 18.5 Å². The number of nitrogens with one attached hydrogen (secondary N) is 1. The van der Waals surface area contributed by atoms with Gasteiger partial charge in [0.2, 0.25) is 10.0 Å². The second-order valence-corrected chi connectivity index (χ2v) is 10.3. The number of halogens is 1. The lowest BCUT2D eigenvalue weighted by molar-refractivity contribution is -0.122. The van der Waals surface area contributed by atoms with Crippen molar-refractivity contribution in [2.75, 3.05) is 22.4 Å². The van der Waals surface area contributed by atoms with Crippen molar-refractivity contribution in [3.05, 3.63) is 65.7 Å². The number of carbonyl (C=O) groups excluding carboxylic acids is 1. The third-order valence-electron chi connectivity index (χ3n) is 5.84. The molecule has 2 heterocycles. The van der Waals surface area contributed by atoms with E-state index in [0.29, 0.717) is 16.4 Å². The molecule has 5 rings (SSSR count). The second-order valence-electron chi connectivity index (χ2n) is 8.00. The Hall–Kier alpha value is -3.23. The van der Waals surface area contributed by atoms with Crippen molar-refractivity contribution in [2.24, 2.45) is 0 Å². The number of benzene rings is 3. The van der Waals surface area contributed by atoms with Crippen molar-refractivity contribution in [1.82, 2.24) is 4.57 Å². The number of hydrogen-bond acceptors (Lipinski definition) is 4. The van der Waals surface area contributed by atoms with E-state index in [4.69, 9.17) is 16.3 Å². The molecule has 0 fully saturated rings. The van der Waals surface area contributed by atoms with E-state index in [1.54, 1.807) is 12.1 Å². The van der Waals surface area contributed by atoms with Crippen LogP contribution < -0.4 is 14.4 Å². The van der Waals surface area contributed by atoms with Crippen LogP contribution in [0, 0.1) is 0 Å². The molecule has 9 heteroatoms. The van der Waals surface area contributed by atoms with Crippen LogP contribution >= 0.6 is 11.6 Å². The van der Waals surface area contributed by atoms with Crippen LogP contribution in [-0.4, -0.2) is 37.8 Å². The molecule has 0 unspecified atom stereocenters. The molecule has 1 N–H and O–H groups in total.